The van der Waals surface area contributed by atoms with Crippen LogP contribution in [0.2, 0.25) is 0 Å². The van der Waals surface area contributed by atoms with Crippen molar-refractivity contribution in [2.24, 2.45) is 0 Å². The summed E-state index contributed by atoms with van der Waals surface area (Å²) in [6, 6.07) is 15.0. The van der Waals surface area contributed by atoms with Gasteiger partial charge < -0.3 is 19.4 Å². The molecule has 5 heteroatoms. The van der Waals surface area contributed by atoms with Gasteiger partial charge in [0.2, 0.25) is 0 Å². The minimum atomic E-state index is -0.257. The smallest absolute Gasteiger partial charge is 0.251 e. The molecular formula is C21H24N2O3. The molecule has 5 nitrogen and oxygen atoms in total. The van der Waals surface area contributed by atoms with E-state index in [1.165, 1.54) is 0 Å². The Morgan fingerprint density at radius 3 is 2.69 bits per heavy atom. The molecule has 1 atom stereocenters. The second-order valence-corrected chi connectivity index (χ2v) is 6.40. The van der Waals surface area contributed by atoms with Gasteiger partial charge in [0.25, 0.3) is 5.91 Å². The Kier molecular flexibility index (Phi) is 5.16. The van der Waals surface area contributed by atoms with Gasteiger partial charge in [-0.15, -0.1) is 0 Å². The van der Waals surface area contributed by atoms with Crippen molar-refractivity contribution in [2.75, 3.05) is 25.6 Å². The number of hydrogen-bond donors (Lipinski definition) is 1. The van der Waals surface area contributed by atoms with E-state index in [4.69, 9.17) is 9.15 Å². The summed E-state index contributed by atoms with van der Waals surface area (Å²) in [6.45, 7) is 4.42. The van der Waals surface area contributed by atoms with Gasteiger partial charge in [-0.1, -0.05) is 18.2 Å². The molecule has 0 aliphatic rings. The van der Waals surface area contributed by atoms with Crippen LogP contribution in [0.15, 0.2) is 52.9 Å². The van der Waals surface area contributed by atoms with Crippen molar-refractivity contribution in [1.82, 2.24) is 5.32 Å². The third-order valence-corrected chi connectivity index (χ3v) is 4.23. The summed E-state index contributed by atoms with van der Waals surface area (Å²) in [6.07, 6.45) is 0. The van der Waals surface area contributed by atoms with E-state index in [1.807, 2.05) is 75.3 Å². The van der Waals surface area contributed by atoms with Gasteiger partial charge in [0.15, 0.2) is 11.3 Å². The molecule has 1 heterocycles. The molecule has 0 fully saturated rings. The van der Waals surface area contributed by atoms with Crippen LogP contribution < -0.4 is 15.0 Å². The molecule has 26 heavy (non-hydrogen) atoms. The first-order chi connectivity index (χ1) is 12.5. The Morgan fingerprint density at radius 2 is 1.96 bits per heavy atom. The number of hydrogen-bond acceptors (Lipinski definition) is 4. The highest BCUT2D eigenvalue weighted by Gasteiger charge is 2.17. The average molecular weight is 352 g/mol. The van der Waals surface area contributed by atoms with Crippen molar-refractivity contribution < 1.29 is 13.9 Å². The summed E-state index contributed by atoms with van der Waals surface area (Å²) in [4.78, 5) is 14.6. The third-order valence-electron chi connectivity index (χ3n) is 4.23. The van der Waals surface area contributed by atoms with Gasteiger partial charge in [-0.2, -0.15) is 0 Å². The molecular weight excluding hydrogens is 328 g/mol. The van der Waals surface area contributed by atoms with E-state index in [9.17, 15) is 4.79 Å². The molecule has 0 aliphatic heterocycles. The van der Waals surface area contributed by atoms with Gasteiger partial charge in [-0.3, -0.25) is 4.79 Å². The molecule has 1 amide bonds. The predicted molar refractivity (Wildman–Crippen MR) is 104 cm³/mol. The summed E-state index contributed by atoms with van der Waals surface area (Å²) in [5.74, 6) is 1.28. The van der Waals surface area contributed by atoms with Crippen LogP contribution in [0, 0.1) is 0 Å². The quantitative estimate of drug-likeness (QED) is 0.715. The molecule has 3 aromatic rings. The summed E-state index contributed by atoms with van der Waals surface area (Å²) in [7, 11) is 3.90. The van der Waals surface area contributed by atoms with Crippen LogP contribution in [0.1, 0.15) is 36.0 Å². The summed E-state index contributed by atoms with van der Waals surface area (Å²) in [5.41, 5.74) is 2.31. The number of furan rings is 1. The molecule has 0 bridgehead atoms. The number of para-hydroxylation sites is 1. The number of anilines is 1. The van der Waals surface area contributed by atoms with Gasteiger partial charge in [0.1, 0.15) is 5.76 Å². The predicted octanol–water partition coefficient (Wildman–Crippen LogP) is 4.39. The van der Waals surface area contributed by atoms with E-state index < -0.39 is 0 Å². The van der Waals surface area contributed by atoms with Gasteiger partial charge in [-0.05, 0) is 44.2 Å². The zero-order valence-corrected chi connectivity index (χ0v) is 15.6. The fourth-order valence-electron chi connectivity index (χ4n) is 2.82. The van der Waals surface area contributed by atoms with Crippen molar-refractivity contribution in [3.8, 4) is 5.75 Å². The monoisotopic (exact) mass is 352 g/mol. The highest BCUT2D eigenvalue weighted by atomic mass is 16.5. The fourth-order valence-corrected chi connectivity index (χ4v) is 2.82. The van der Waals surface area contributed by atoms with Crippen molar-refractivity contribution in [1.29, 1.82) is 0 Å². The number of nitrogens with one attached hydrogen (secondary N) is 1. The maximum Gasteiger partial charge on any atom is 0.251 e. The fraction of sp³-hybridized carbons (Fsp3) is 0.286. The second-order valence-electron chi connectivity index (χ2n) is 6.40. The topological polar surface area (TPSA) is 54.7 Å². The van der Waals surface area contributed by atoms with E-state index in [2.05, 4.69) is 5.32 Å². The lowest BCUT2D eigenvalue weighted by Gasteiger charge is -2.15. The number of benzene rings is 2. The minimum Gasteiger partial charge on any atom is -0.490 e. The van der Waals surface area contributed by atoms with E-state index in [0.717, 1.165) is 11.1 Å². The minimum absolute atomic E-state index is 0.133. The molecule has 0 radical (unpaired) electrons. The zero-order valence-electron chi connectivity index (χ0n) is 15.6. The number of nitrogens with zero attached hydrogens (tertiary/aromatic N) is 1. The SMILES string of the molecule is CCOc1cccc2cc(C(C)NC(=O)c3cccc(N(C)C)c3)oc12. The first kappa shape index (κ1) is 17.9. The normalized spacial score (nSPS) is 12.0. The lowest BCUT2D eigenvalue weighted by Crippen LogP contribution is -2.26. The van der Waals surface area contributed by atoms with Crippen LogP contribution in [-0.2, 0) is 0 Å². The molecule has 0 saturated heterocycles. The number of carbonyl (C=O) groups excluding carboxylic acids is 1. The molecule has 2 aromatic carbocycles. The molecule has 1 aromatic heterocycles. The largest absolute Gasteiger partial charge is 0.490 e. The summed E-state index contributed by atoms with van der Waals surface area (Å²) >= 11 is 0. The van der Waals surface area contributed by atoms with Crippen LogP contribution in [-0.4, -0.2) is 26.6 Å². The molecule has 0 aliphatic carbocycles. The van der Waals surface area contributed by atoms with E-state index in [1.54, 1.807) is 6.07 Å². The molecule has 136 valence electrons. The van der Waals surface area contributed by atoms with Crippen LogP contribution >= 0.6 is 0 Å². The lowest BCUT2D eigenvalue weighted by molar-refractivity contribution is 0.0935. The van der Waals surface area contributed by atoms with Crippen molar-refractivity contribution in [3.05, 3.63) is 59.9 Å². The Hall–Kier alpha value is -2.95. The van der Waals surface area contributed by atoms with Crippen LogP contribution in [0.5, 0.6) is 5.75 Å². The average Bonchev–Trinajstić information content (AvgIpc) is 3.07. The van der Waals surface area contributed by atoms with Gasteiger partial charge >= 0.3 is 0 Å². The van der Waals surface area contributed by atoms with Crippen LogP contribution in [0.4, 0.5) is 5.69 Å². The van der Waals surface area contributed by atoms with Crippen LogP contribution in [0.25, 0.3) is 11.0 Å². The molecule has 3 rings (SSSR count). The number of fused-ring (bicyclic) bond motifs is 1. The van der Waals surface area contributed by atoms with Crippen molar-refractivity contribution >= 4 is 22.6 Å². The summed E-state index contributed by atoms with van der Waals surface area (Å²) in [5, 5.41) is 3.96. The standard InChI is InChI=1S/C21H24N2O3/c1-5-25-18-11-7-8-15-13-19(26-20(15)18)14(2)22-21(24)16-9-6-10-17(12-16)23(3)4/h6-14H,5H2,1-4H3,(H,22,24). The first-order valence-electron chi connectivity index (χ1n) is 8.73. The maximum absolute atomic E-state index is 12.6. The van der Waals surface area contributed by atoms with Gasteiger partial charge in [-0.25, -0.2) is 0 Å². The Labute approximate surface area is 153 Å². The van der Waals surface area contributed by atoms with Gasteiger partial charge in [0.05, 0.1) is 12.6 Å². The van der Waals surface area contributed by atoms with Crippen LogP contribution in [0.3, 0.4) is 0 Å². The highest BCUT2D eigenvalue weighted by molar-refractivity contribution is 5.95. The molecule has 0 spiro atoms. The Balaban J connectivity index is 1.80. The molecule has 1 N–H and O–H groups in total. The van der Waals surface area contributed by atoms with Crippen molar-refractivity contribution in [2.45, 2.75) is 19.9 Å². The van der Waals surface area contributed by atoms with E-state index in [-0.39, 0.29) is 11.9 Å². The number of carbonyl (C=O) groups is 1. The molecule has 1 unspecified atom stereocenters. The Morgan fingerprint density at radius 1 is 1.19 bits per heavy atom. The van der Waals surface area contributed by atoms with E-state index in [0.29, 0.717) is 29.3 Å². The maximum atomic E-state index is 12.6. The Bertz CT molecular complexity index is 915. The second kappa shape index (κ2) is 7.52. The lowest BCUT2D eigenvalue weighted by atomic mass is 10.1. The summed E-state index contributed by atoms with van der Waals surface area (Å²) < 4.78 is 11.6. The number of amides is 1. The zero-order chi connectivity index (χ0) is 18.7. The van der Waals surface area contributed by atoms with Gasteiger partial charge in [0, 0.05) is 30.7 Å². The first-order valence-corrected chi connectivity index (χ1v) is 8.73. The van der Waals surface area contributed by atoms with Crippen molar-refractivity contribution in [3.63, 3.8) is 0 Å². The third kappa shape index (κ3) is 3.67. The number of ether oxygens (including phenoxy) is 1. The highest BCUT2D eigenvalue weighted by Crippen LogP contribution is 2.31. The molecule has 0 saturated carbocycles. The van der Waals surface area contributed by atoms with E-state index >= 15 is 0 Å². The number of rotatable bonds is 6.